The van der Waals surface area contributed by atoms with Gasteiger partial charge in [-0.25, -0.2) is 0 Å². The number of halogens is 2. The highest BCUT2D eigenvalue weighted by atomic mass is 35.5. The monoisotopic (exact) mass is 264 g/mol. The molecule has 1 aromatic rings. The summed E-state index contributed by atoms with van der Waals surface area (Å²) in [5, 5.41) is 3.47. The Kier molecular flexibility index (Phi) is 10.9. The highest BCUT2D eigenvalue weighted by molar-refractivity contribution is 5.85. The van der Waals surface area contributed by atoms with E-state index in [4.69, 9.17) is 0 Å². The second-order valence-corrected chi connectivity index (χ2v) is 3.41. The van der Waals surface area contributed by atoms with Crippen LogP contribution in [-0.4, -0.2) is 24.2 Å². The van der Waals surface area contributed by atoms with Crippen LogP contribution >= 0.6 is 24.8 Å². The van der Waals surface area contributed by atoms with E-state index >= 15 is 0 Å². The van der Waals surface area contributed by atoms with Gasteiger partial charge in [0.25, 0.3) is 0 Å². The summed E-state index contributed by atoms with van der Waals surface area (Å²) in [5.41, 5.74) is 1.19. The van der Waals surface area contributed by atoms with Crippen molar-refractivity contribution in [2.24, 2.45) is 0 Å². The summed E-state index contributed by atoms with van der Waals surface area (Å²) in [7, 11) is 0. The Morgan fingerprint density at radius 3 is 2.00 bits per heavy atom. The fraction of sp³-hybridized carbons (Fsp3) is 0.500. The van der Waals surface area contributed by atoms with E-state index < -0.39 is 0 Å². The molecule has 0 aliphatic rings. The molecule has 0 radical (unpaired) electrons. The van der Waals surface area contributed by atoms with Gasteiger partial charge in [-0.05, 0) is 32.1 Å². The third-order valence-electron chi connectivity index (χ3n) is 2.51. The van der Waals surface area contributed by atoms with Crippen molar-refractivity contribution >= 4 is 30.5 Å². The van der Waals surface area contributed by atoms with Crippen molar-refractivity contribution in [1.82, 2.24) is 4.90 Å². The molecule has 94 valence electrons. The molecule has 16 heavy (non-hydrogen) atoms. The van der Waals surface area contributed by atoms with Crippen molar-refractivity contribution in [2.75, 3.05) is 18.4 Å². The molecule has 1 atom stereocenters. The van der Waals surface area contributed by atoms with Gasteiger partial charge >= 0.3 is 0 Å². The van der Waals surface area contributed by atoms with E-state index in [-0.39, 0.29) is 24.8 Å². The van der Waals surface area contributed by atoms with Crippen LogP contribution in [0.2, 0.25) is 0 Å². The number of nitrogens with zero attached hydrogens (tertiary/aromatic N) is 1. The molecule has 0 aliphatic heterocycles. The molecule has 0 spiro atoms. The maximum Gasteiger partial charge on any atom is 0.0764 e. The lowest BCUT2D eigenvalue weighted by atomic mass is 10.3. The molecular weight excluding hydrogens is 243 g/mol. The van der Waals surface area contributed by atoms with Gasteiger partial charge in [0.1, 0.15) is 0 Å². The Hall–Kier alpha value is -0.440. The van der Waals surface area contributed by atoms with Crippen LogP contribution in [0.4, 0.5) is 5.69 Å². The van der Waals surface area contributed by atoms with Gasteiger partial charge in [-0.2, -0.15) is 0 Å². The number of benzene rings is 1. The first-order valence-electron chi connectivity index (χ1n) is 5.33. The minimum absolute atomic E-state index is 0. The van der Waals surface area contributed by atoms with Crippen molar-refractivity contribution in [3.05, 3.63) is 30.3 Å². The lowest BCUT2D eigenvalue weighted by Gasteiger charge is -2.27. The van der Waals surface area contributed by atoms with Crippen LogP contribution in [-0.2, 0) is 0 Å². The predicted molar refractivity (Wildman–Crippen MR) is 76.9 cm³/mol. The summed E-state index contributed by atoms with van der Waals surface area (Å²) in [5.74, 6) is 0. The first-order valence-corrected chi connectivity index (χ1v) is 5.33. The topological polar surface area (TPSA) is 15.3 Å². The van der Waals surface area contributed by atoms with Crippen molar-refractivity contribution in [3.63, 3.8) is 0 Å². The molecule has 1 aromatic carbocycles. The van der Waals surface area contributed by atoms with Gasteiger partial charge in [0, 0.05) is 5.69 Å². The molecule has 0 saturated heterocycles. The van der Waals surface area contributed by atoms with E-state index in [0.29, 0.717) is 6.17 Å². The molecule has 0 heterocycles. The Bertz CT molecular complexity index is 250. The third-order valence-corrected chi connectivity index (χ3v) is 2.51. The van der Waals surface area contributed by atoms with Crippen LogP contribution in [0.25, 0.3) is 0 Å². The fourth-order valence-corrected chi connectivity index (χ4v) is 1.64. The second-order valence-electron chi connectivity index (χ2n) is 3.41. The normalized spacial score (nSPS) is 11.2. The SMILES string of the molecule is CCN(CC)C(C)Nc1ccccc1.Cl.Cl. The highest BCUT2D eigenvalue weighted by Crippen LogP contribution is 2.08. The van der Waals surface area contributed by atoms with Crippen LogP contribution in [0.5, 0.6) is 0 Å². The molecule has 0 aliphatic carbocycles. The van der Waals surface area contributed by atoms with Crippen LogP contribution in [0, 0.1) is 0 Å². The number of hydrogen-bond acceptors (Lipinski definition) is 2. The first kappa shape index (κ1) is 17.9. The van der Waals surface area contributed by atoms with E-state index in [9.17, 15) is 0 Å². The molecule has 0 fully saturated rings. The number of anilines is 1. The van der Waals surface area contributed by atoms with Gasteiger partial charge in [-0.15, -0.1) is 24.8 Å². The lowest BCUT2D eigenvalue weighted by molar-refractivity contribution is 0.253. The number of rotatable bonds is 5. The maximum absolute atomic E-state index is 3.47. The van der Waals surface area contributed by atoms with Crippen LogP contribution in [0.3, 0.4) is 0 Å². The summed E-state index contributed by atoms with van der Waals surface area (Å²) < 4.78 is 0. The molecule has 2 nitrogen and oxygen atoms in total. The van der Waals surface area contributed by atoms with Crippen LogP contribution in [0.1, 0.15) is 20.8 Å². The Balaban J connectivity index is 0. The average molecular weight is 265 g/mol. The molecule has 0 amide bonds. The van der Waals surface area contributed by atoms with Gasteiger partial charge in [0.05, 0.1) is 6.17 Å². The molecule has 4 heteroatoms. The summed E-state index contributed by atoms with van der Waals surface area (Å²) in [6.07, 6.45) is 0.396. The van der Waals surface area contributed by atoms with E-state index in [1.807, 2.05) is 6.07 Å². The van der Waals surface area contributed by atoms with E-state index in [2.05, 4.69) is 55.3 Å². The first-order chi connectivity index (χ1) is 6.77. The molecule has 1 rings (SSSR count). The molecule has 0 saturated carbocycles. The van der Waals surface area contributed by atoms with Crippen molar-refractivity contribution in [1.29, 1.82) is 0 Å². The fourth-order valence-electron chi connectivity index (χ4n) is 1.64. The molecule has 1 N–H and O–H groups in total. The van der Waals surface area contributed by atoms with Crippen molar-refractivity contribution < 1.29 is 0 Å². The van der Waals surface area contributed by atoms with Crippen molar-refractivity contribution in [2.45, 2.75) is 26.9 Å². The minimum atomic E-state index is 0. The zero-order valence-electron chi connectivity index (χ0n) is 10.1. The lowest BCUT2D eigenvalue weighted by Crippen LogP contribution is -2.38. The number of para-hydroxylation sites is 1. The van der Waals surface area contributed by atoms with Gasteiger partial charge in [-0.1, -0.05) is 32.0 Å². The van der Waals surface area contributed by atoms with E-state index in [1.54, 1.807) is 0 Å². The molecule has 0 aromatic heterocycles. The van der Waals surface area contributed by atoms with Crippen LogP contribution in [0.15, 0.2) is 30.3 Å². The number of nitrogens with one attached hydrogen (secondary N) is 1. The Morgan fingerprint density at radius 2 is 1.56 bits per heavy atom. The van der Waals surface area contributed by atoms with Crippen molar-refractivity contribution in [3.8, 4) is 0 Å². The summed E-state index contributed by atoms with van der Waals surface area (Å²) in [4.78, 5) is 2.38. The predicted octanol–water partition coefficient (Wildman–Crippen LogP) is 3.63. The smallest absolute Gasteiger partial charge is 0.0764 e. The average Bonchev–Trinajstić information content (AvgIpc) is 2.21. The second kappa shape index (κ2) is 9.76. The standard InChI is InChI=1S/C12H20N2.2ClH/c1-4-14(5-2)11(3)13-12-9-7-6-8-10-12;;/h6-11,13H,4-5H2,1-3H3;2*1H. The number of hydrogen-bond donors (Lipinski definition) is 1. The summed E-state index contributed by atoms with van der Waals surface area (Å²) in [6.45, 7) is 8.73. The molecule has 0 bridgehead atoms. The third kappa shape index (κ3) is 5.59. The van der Waals surface area contributed by atoms with Gasteiger partial charge in [0.15, 0.2) is 0 Å². The summed E-state index contributed by atoms with van der Waals surface area (Å²) >= 11 is 0. The summed E-state index contributed by atoms with van der Waals surface area (Å²) in [6, 6.07) is 10.3. The van der Waals surface area contributed by atoms with Gasteiger partial charge < -0.3 is 5.32 Å². The van der Waals surface area contributed by atoms with E-state index in [0.717, 1.165) is 13.1 Å². The zero-order valence-corrected chi connectivity index (χ0v) is 11.8. The van der Waals surface area contributed by atoms with E-state index in [1.165, 1.54) is 5.69 Å². The maximum atomic E-state index is 3.47. The minimum Gasteiger partial charge on any atom is -0.370 e. The largest absolute Gasteiger partial charge is 0.370 e. The highest BCUT2D eigenvalue weighted by Gasteiger charge is 2.08. The Labute approximate surface area is 111 Å². The van der Waals surface area contributed by atoms with Gasteiger partial charge in [0.2, 0.25) is 0 Å². The Morgan fingerprint density at radius 1 is 1.06 bits per heavy atom. The molecule has 1 unspecified atom stereocenters. The molecular formula is C12H22Cl2N2. The van der Waals surface area contributed by atoms with Crippen LogP contribution < -0.4 is 5.32 Å². The zero-order chi connectivity index (χ0) is 10.4. The quantitative estimate of drug-likeness (QED) is 0.818. The van der Waals surface area contributed by atoms with Gasteiger partial charge in [-0.3, -0.25) is 4.90 Å².